The van der Waals surface area contributed by atoms with Crippen LogP contribution in [0.15, 0.2) is 12.2 Å². The molecule has 0 aromatic rings. The summed E-state index contributed by atoms with van der Waals surface area (Å²) >= 11 is 0. The fourth-order valence-electron chi connectivity index (χ4n) is 9.14. The highest BCUT2D eigenvalue weighted by molar-refractivity contribution is 5.27. The molecule has 9 atom stereocenters. The van der Waals surface area contributed by atoms with E-state index < -0.39 is 5.60 Å². The predicted octanol–water partition coefficient (Wildman–Crippen LogP) is 6.22. The van der Waals surface area contributed by atoms with Crippen molar-refractivity contribution < 1.29 is 10.2 Å². The molecule has 3 unspecified atom stereocenters. The van der Waals surface area contributed by atoms with Crippen LogP contribution in [0, 0.1) is 52.3 Å². The molecule has 0 aromatic heterocycles. The van der Waals surface area contributed by atoms with Crippen LogP contribution in [0.25, 0.3) is 0 Å². The van der Waals surface area contributed by atoms with Crippen LogP contribution in [0.3, 0.4) is 0 Å². The largest absolute Gasteiger partial charge is 0.396 e. The first kappa shape index (κ1) is 21.9. The number of allylic oxidation sites excluding steroid dienone is 1. The van der Waals surface area contributed by atoms with Gasteiger partial charge in [-0.2, -0.15) is 0 Å². The molecule has 0 radical (unpaired) electrons. The van der Waals surface area contributed by atoms with Crippen molar-refractivity contribution in [3.63, 3.8) is 0 Å². The summed E-state index contributed by atoms with van der Waals surface area (Å²) in [7, 11) is 0. The van der Waals surface area contributed by atoms with Gasteiger partial charge in [-0.15, -0.1) is 0 Å². The van der Waals surface area contributed by atoms with Gasteiger partial charge in [-0.1, -0.05) is 66.0 Å². The standard InChI is InChI=1S/C27H46O2/c1-18(2)9-8-10-19(3)20-11-12-21-24-22(13-16-25(20,21)4)26(5)14-6-7-15-27(26,29)23(24)17-28/h7,15,18-24,28-29H,6,8-14,16-17H2,1-5H3/t19-,20-,21?,22?,23-,24?,25-,26-,27-/m1/s1. The molecule has 0 spiro atoms. The fourth-order valence-corrected chi connectivity index (χ4v) is 9.14. The van der Waals surface area contributed by atoms with Gasteiger partial charge in [-0.05, 0) is 79.4 Å². The van der Waals surface area contributed by atoms with Crippen LogP contribution in [0.1, 0.15) is 92.4 Å². The molecule has 2 heteroatoms. The van der Waals surface area contributed by atoms with Crippen LogP contribution in [-0.2, 0) is 0 Å². The highest BCUT2D eigenvalue weighted by Gasteiger charge is 2.70. The summed E-state index contributed by atoms with van der Waals surface area (Å²) in [6.45, 7) is 12.3. The van der Waals surface area contributed by atoms with Crippen molar-refractivity contribution in [1.29, 1.82) is 0 Å². The third kappa shape index (κ3) is 3.10. The van der Waals surface area contributed by atoms with Crippen LogP contribution in [0.4, 0.5) is 0 Å². The van der Waals surface area contributed by atoms with Crippen molar-refractivity contribution in [3.05, 3.63) is 12.2 Å². The van der Waals surface area contributed by atoms with E-state index in [1.807, 2.05) is 0 Å². The molecule has 2 nitrogen and oxygen atoms in total. The fraction of sp³-hybridized carbons (Fsp3) is 0.926. The Bertz CT molecular complexity index is 626. The molecule has 0 aliphatic heterocycles. The zero-order valence-corrected chi connectivity index (χ0v) is 19.7. The third-order valence-corrected chi connectivity index (χ3v) is 10.7. The van der Waals surface area contributed by atoms with Gasteiger partial charge in [-0.25, -0.2) is 0 Å². The molecule has 4 rings (SSSR count). The maximum Gasteiger partial charge on any atom is 0.0936 e. The van der Waals surface area contributed by atoms with Gasteiger partial charge in [0.25, 0.3) is 0 Å². The quantitative estimate of drug-likeness (QED) is 0.518. The third-order valence-electron chi connectivity index (χ3n) is 10.7. The molecular weight excluding hydrogens is 356 g/mol. The Balaban J connectivity index is 1.58. The first-order chi connectivity index (χ1) is 13.7. The minimum atomic E-state index is -0.804. The van der Waals surface area contributed by atoms with Gasteiger partial charge in [0.05, 0.1) is 5.60 Å². The van der Waals surface area contributed by atoms with Crippen LogP contribution >= 0.6 is 0 Å². The number of hydrogen-bond acceptors (Lipinski definition) is 2. The van der Waals surface area contributed by atoms with E-state index in [0.717, 1.165) is 30.6 Å². The molecule has 0 heterocycles. The van der Waals surface area contributed by atoms with Gasteiger partial charge in [0.1, 0.15) is 0 Å². The Morgan fingerprint density at radius 2 is 1.76 bits per heavy atom. The summed E-state index contributed by atoms with van der Waals surface area (Å²) in [5.74, 6) is 4.19. The molecule has 0 amide bonds. The summed E-state index contributed by atoms with van der Waals surface area (Å²) in [5.41, 5.74) is -0.459. The second kappa shape index (κ2) is 7.66. The molecular formula is C27H46O2. The molecule has 3 saturated carbocycles. The molecule has 29 heavy (non-hydrogen) atoms. The zero-order valence-electron chi connectivity index (χ0n) is 19.7. The van der Waals surface area contributed by atoms with Crippen LogP contribution in [-0.4, -0.2) is 22.4 Å². The number of aliphatic hydroxyl groups excluding tert-OH is 1. The van der Waals surface area contributed by atoms with Crippen molar-refractivity contribution in [1.82, 2.24) is 0 Å². The summed E-state index contributed by atoms with van der Waals surface area (Å²) in [6.07, 6.45) is 15.8. The van der Waals surface area contributed by atoms with E-state index in [9.17, 15) is 10.2 Å². The normalized spacial score (nSPS) is 49.7. The van der Waals surface area contributed by atoms with Crippen molar-refractivity contribution in [3.8, 4) is 0 Å². The Hall–Kier alpha value is -0.340. The molecule has 0 saturated heterocycles. The lowest BCUT2D eigenvalue weighted by Gasteiger charge is -2.51. The van der Waals surface area contributed by atoms with Gasteiger partial charge >= 0.3 is 0 Å². The van der Waals surface area contributed by atoms with Gasteiger partial charge in [0.15, 0.2) is 0 Å². The van der Waals surface area contributed by atoms with E-state index in [1.165, 1.54) is 44.9 Å². The van der Waals surface area contributed by atoms with E-state index in [-0.39, 0.29) is 17.9 Å². The van der Waals surface area contributed by atoms with Crippen LogP contribution in [0.5, 0.6) is 0 Å². The number of hydrogen-bond donors (Lipinski definition) is 2. The van der Waals surface area contributed by atoms with E-state index in [4.69, 9.17) is 0 Å². The minimum Gasteiger partial charge on any atom is -0.396 e. The van der Waals surface area contributed by atoms with E-state index >= 15 is 0 Å². The average Bonchev–Trinajstić information content (AvgIpc) is 3.10. The second-order valence-corrected chi connectivity index (χ2v) is 12.3. The molecule has 4 aliphatic rings. The average molecular weight is 403 g/mol. The Morgan fingerprint density at radius 3 is 2.45 bits per heavy atom. The van der Waals surface area contributed by atoms with Crippen LogP contribution < -0.4 is 0 Å². The van der Waals surface area contributed by atoms with E-state index in [1.54, 1.807) is 0 Å². The summed E-state index contributed by atoms with van der Waals surface area (Å²) < 4.78 is 0. The monoisotopic (exact) mass is 402 g/mol. The van der Waals surface area contributed by atoms with Gasteiger partial charge < -0.3 is 10.2 Å². The topological polar surface area (TPSA) is 40.5 Å². The lowest BCUT2D eigenvalue weighted by atomic mass is 9.53. The Kier molecular flexibility index (Phi) is 5.78. The highest BCUT2D eigenvalue weighted by Crippen LogP contribution is 2.72. The SMILES string of the molecule is CC(C)CCC[C@@H](C)[C@H]1CCC2C3C(CC[C@@]21C)[C@@]1(C)CCC=C[C@@]1(O)[C@@H]3CO. The molecule has 166 valence electrons. The molecule has 0 bridgehead atoms. The smallest absolute Gasteiger partial charge is 0.0936 e. The van der Waals surface area contributed by atoms with Crippen molar-refractivity contribution >= 4 is 0 Å². The van der Waals surface area contributed by atoms with Gasteiger partial charge in [0.2, 0.25) is 0 Å². The maximum absolute atomic E-state index is 11.9. The maximum atomic E-state index is 11.9. The molecule has 0 aromatic carbocycles. The Labute approximate surface area is 179 Å². The molecule has 4 aliphatic carbocycles. The second-order valence-electron chi connectivity index (χ2n) is 12.3. The van der Waals surface area contributed by atoms with Crippen molar-refractivity contribution in [2.45, 2.75) is 98.0 Å². The summed E-state index contributed by atoms with van der Waals surface area (Å²) in [5, 5.41) is 22.3. The first-order valence-electron chi connectivity index (χ1n) is 12.7. The lowest BCUT2D eigenvalue weighted by Crippen LogP contribution is -2.49. The minimum absolute atomic E-state index is 0.0219. The van der Waals surface area contributed by atoms with Gasteiger partial charge in [-0.3, -0.25) is 0 Å². The number of rotatable bonds is 6. The number of fused-ring (bicyclic) bond motifs is 5. The van der Waals surface area contributed by atoms with Crippen molar-refractivity contribution in [2.24, 2.45) is 52.3 Å². The van der Waals surface area contributed by atoms with Gasteiger partial charge in [0, 0.05) is 17.9 Å². The zero-order chi connectivity index (χ0) is 21.0. The Morgan fingerprint density at radius 1 is 1.00 bits per heavy atom. The first-order valence-corrected chi connectivity index (χ1v) is 12.7. The molecule has 2 N–H and O–H groups in total. The summed E-state index contributed by atoms with van der Waals surface area (Å²) in [6, 6.07) is 0. The summed E-state index contributed by atoms with van der Waals surface area (Å²) in [4.78, 5) is 0. The number of aliphatic hydroxyl groups is 2. The van der Waals surface area contributed by atoms with Crippen molar-refractivity contribution in [2.75, 3.05) is 6.61 Å². The highest BCUT2D eigenvalue weighted by atomic mass is 16.3. The predicted molar refractivity (Wildman–Crippen MR) is 120 cm³/mol. The van der Waals surface area contributed by atoms with E-state index in [2.05, 4.69) is 46.8 Å². The van der Waals surface area contributed by atoms with E-state index in [0.29, 0.717) is 23.2 Å². The van der Waals surface area contributed by atoms with Crippen LogP contribution in [0.2, 0.25) is 0 Å². The molecule has 3 fully saturated rings. The lowest BCUT2D eigenvalue weighted by molar-refractivity contribution is -0.0756.